The molecule has 5 aliphatic rings. The van der Waals surface area contributed by atoms with Crippen LogP contribution in [0.15, 0.2) is 12.2 Å². The van der Waals surface area contributed by atoms with Crippen LogP contribution in [0.1, 0.15) is 113 Å². The maximum atomic E-state index is 11.9. The van der Waals surface area contributed by atoms with Crippen molar-refractivity contribution in [3.63, 3.8) is 0 Å². The number of esters is 1. The zero-order valence-electron chi connectivity index (χ0n) is 23.8. The van der Waals surface area contributed by atoms with E-state index in [1.54, 1.807) is 6.92 Å². The Morgan fingerprint density at radius 1 is 0.857 bits per heavy atom. The van der Waals surface area contributed by atoms with Gasteiger partial charge in [0.2, 0.25) is 0 Å². The first-order chi connectivity index (χ1) is 16.3. The number of hydrogen-bond donors (Lipinski definition) is 1. The van der Waals surface area contributed by atoms with E-state index in [1.807, 2.05) is 0 Å². The highest BCUT2D eigenvalue weighted by atomic mass is 16.5. The maximum absolute atomic E-state index is 11.9. The van der Waals surface area contributed by atoms with Gasteiger partial charge in [0.1, 0.15) is 6.10 Å². The molecule has 0 saturated heterocycles. The lowest BCUT2D eigenvalue weighted by Crippen LogP contribution is -2.67. The summed E-state index contributed by atoms with van der Waals surface area (Å²) in [6.07, 6.45) is 12.9. The second-order valence-corrected chi connectivity index (χ2v) is 15.2. The first kappa shape index (κ1) is 25.8. The minimum atomic E-state index is -0.116. The molecule has 5 aliphatic carbocycles. The highest BCUT2D eigenvalue weighted by Crippen LogP contribution is 2.77. The molecule has 10 atom stereocenters. The third-order valence-electron chi connectivity index (χ3n) is 13.9. The molecule has 5 fully saturated rings. The van der Waals surface area contributed by atoms with Crippen LogP contribution < -0.4 is 5.73 Å². The van der Waals surface area contributed by atoms with Crippen molar-refractivity contribution in [1.29, 1.82) is 0 Å². The fourth-order valence-electron chi connectivity index (χ4n) is 12.0. The molecule has 0 radical (unpaired) electrons. The van der Waals surface area contributed by atoms with Crippen LogP contribution in [0.25, 0.3) is 0 Å². The molecule has 35 heavy (non-hydrogen) atoms. The lowest BCUT2D eigenvalue weighted by molar-refractivity contribution is -0.249. The van der Waals surface area contributed by atoms with Gasteiger partial charge in [0.15, 0.2) is 0 Å². The zero-order chi connectivity index (χ0) is 25.6. The van der Waals surface area contributed by atoms with Gasteiger partial charge >= 0.3 is 5.97 Å². The van der Waals surface area contributed by atoms with Crippen LogP contribution in [0.3, 0.4) is 0 Å². The number of hydrogen-bond acceptors (Lipinski definition) is 3. The molecule has 0 aliphatic heterocycles. The van der Waals surface area contributed by atoms with Gasteiger partial charge in [-0.3, -0.25) is 4.79 Å². The first-order valence-corrected chi connectivity index (χ1v) is 14.8. The number of allylic oxidation sites excluding steroid dienone is 1. The van der Waals surface area contributed by atoms with Crippen LogP contribution in [0.4, 0.5) is 0 Å². The van der Waals surface area contributed by atoms with Crippen molar-refractivity contribution in [3.8, 4) is 0 Å². The monoisotopic (exact) mass is 483 g/mol. The fraction of sp³-hybridized carbons (Fsp3) is 0.906. The highest BCUT2D eigenvalue weighted by Gasteiger charge is 2.70. The van der Waals surface area contributed by atoms with Gasteiger partial charge in [0, 0.05) is 12.3 Å². The molecule has 0 unspecified atom stereocenters. The van der Waals surface area contributed by atoms with Crippen LogP contribution in [-0.2, 0) is 9.53 Å². The van der Waals surface area contributed by atoms with Crippen molar-refractivity contribution < 1.29 is 9.53 Å². The van der Waals surface area contributed by atoms with Crippen molar-refractivity contribution >= 4 is 5.97 Å². The lowest BCUT2D eigenvalue weighted by Gasteiger charge is -2.73. The molecule has 198 valence electrons. The van der Waals surface area contributed by atoms with E-state index in [0.29, 0.717) is 33.5 Å². The normalized spacial score (nSPS) is 52.5. The molecule has 2 N–H and O–H groups in total. The van der Waals surface area contributed by atoms with Gasteiger partial charge in [-0.25, -0.2) is 0 Å². The van der Waals surface area contributed by atoms with Crippen molar-refractivity contribution in [2.24, 2.45) is 62.4 Å². The average Bonchev–Trinajstić information content (AvgIpc) is 3.16. The van der Waals surface area contributed by atoms with Crippen molar-refractivity contribution in [1.82, 2.24) is 0 Å². The standard InChI is InChI=1S/C32H53NO2/c1-20(2)22-11-16-32(19-33)18-17-30(7)23(27(22)32)9-10-25-29(6)14-13-26(35-21(3)34)28(4,5)24(29)12-15-31(25,30)8/h22-27H,1,9-19,33H2,2-8H3/t22-,23+,24-,25+,26-,27+,29-,30+,31+,32+/m0/s1. The zero-order valence-corrected chi connectivity index (χ0v) is 23.8. The van der Waals surface area contributed by atoms with Crippen molar-refractivity contribution in [2.45, 2.75) is 119 Å². The minimum absolute atomic E-state index is 0.0372. The summed E-state index contributed by atoms with van der Waals surface area (Å²) in [5.74, 6) is 3.41. The van der Waals surface area contributed by atoms with Crippen molar-refractivity contribution in [2.75, 3.05) is 6.54 Å². The van der Waals surface area contributed by atoms with E-state index < -0.39 is 0 Å². The molecule has 0 amide bonds. The molecular weight excluding hydrogens is 430 g/mol. The molecular formula is C32H53NO2. The summed E-state index contributed by atoms with van der Waals surface area (Å²) < 4.78 is 5.91. The summed E-state index contributed by atoms with van der Waals surface area (Å²) >= 11 is 0. The summed E-state index contributed by atoms with van der Waals surface area (Å²) in [7, 11) is 0. The molecule has 0 bridgehead atoms. The first-order valence-electron chi connectivity index (χ1n) is 14.8. The molecule has 5 rings (SSSR count). The van der Waals surface area contributed by atoms with E-state index in [0.717, 1.165) is 30.7 Å². The molecule has 5 saturated carbocycles. The van der Waals surface area contributed by atoms with Crippen molar-refractivity contribution in [3.05, 3.63) is 12.2 Å². The number of carbonyl (C=O) groups is 1. The largest absolute Gasteiger partial charge is 0.462 e. The number of fused-ring (bicyclic) bond motifs is 7. The van der Waals surface area contributed by atoms with Gasteiger partial charge in [0.25, 0.3) is 0 Å². The van der Waals surface area contributed by atoms with Gasteiger partial charge in [0.05, 0.1) is 0 Å². The Balaban J connectivity index is 1.51. The minimum Gasteiger partial charge on any atom is -0.462 e. The van der Waals surface area contributed by atoms with E-state index in [9.17, 15) is 4.79 Å². The van der Waals surface area contributed by atoms with Gasteiger partial charge in [-0.15, -0.1) is 0 Å². The Kier molecular flexibility index (Phi) is 5.96. The second kappa shape index (κ2) is 8.08. The summed E-state index contributed by atoms with van der Waals surface area (Å²) in [5, 5.41) is 0. The van der Waals surface area contributed by atoms with E-state index in [4.69, 9.17) is 10.5 Å². The summed E-state index contributed by atoms with van der Waals surface area (Å²) in [6, 6.07) is 0. The van der Waals surface area contributed by atoms with Crippen LogP contribution in [0.5, 0.6) is 0 Å². The van der Waals surface area contributed by atoms with Gasteiger partial charge in [-0.2, -0.15) is 0 Å². The van der Waals surface area contributed by atoms with Gasteiger partial charge in [-0.1, -0.05) is 46.8 Å². The van der Waals surface area contributed by atoms with Crippen LogP contribution >= 0.6 is 0 Å². The topological polar surface area (TPSA) is 52.3 Å². The van der Waals surface area contributed by atoms with E-state index >= 15 is 0 Å². The Morgan fingerprint density at radius 2 is 1.57 bits per heavy atom. The molecule has 0 heterocycles. The SMILES string of the molecule is C=C(C)[C@@H]1CC[C@]2(CN)CC[C@]3(C)[C@H](CC[C@@H]4[C@@]5(C)CC[C@H](OC(C)=O)C(C)(C)[C@@H]5CC[C@]43C)[C@@H]12. The Hall–Kier alpha value is -0.830. The highest BCUT2D eigenvalue weighted by molar-refractivity contribution is 5.66. The van der Waals surface area contributed by atoms with E-state index in [-0.39, 0.29) is 17.5 Å². The predicted octanol–water partition coefficient (Wildman–Crippen LogP) is 7.53. The molecule has 0 aromatic carbocycles. The maximum Gasteiger partial charge on any atom is 0.302 e. The third-order valence-corrected chi connectivity index (χ3v) is 13.9. The quantitative estimate of drug-likeness (QED) is 0.333. The second-order valence-electron chi connectivity index (χ2n) is 15.2. The molecule has 3 heteroatoms. The molecule has 0 spiro atoms. The summed E-state index contributed by atoms with van der Waals surface area (Å²) in [6.45, 7) is 22.0. The average molecular weight is 484 g/mol. The smallest absolute Gasteiger partial charge is 0.302 e. The molecule has 0 aromatic rings. The third kappa shape index (κ3) is 3.28. The number of carbonyl (C=O) groups excluding carboxylic acids is 1. The Labute approximate surface area is 215 Å². The van der Waals surface area contributed by atoms with Gasteiger partial charge < -0.3 is 10.5 Å². The summed E-state index contributed by atoms with van der Waals surface area (Å²) in [4.78, 5) is 11.9. The molecule has 0 aromatic heterocycles. The number of ether oxygens (including phenoxy) is 1. The number of nitrogens with two attached hydrogens (primary N) is 1. The molecule has 3 nitrogen and oxygen atoms in total. The Bertz CT molecular complexity index is 894. The van der Waals surface area contributed by atoms with E-state index in [2.05, 4.69) is 48.1 Å². The van der Waals surface area contributed by atoms with Crippen LogP contribution in [-0.4, -0.2) is 18.6 Å². The fourth-order valence-corrected chi connectivity index (χ4v) is 12.0. The van der Waals surface area contributed by atoms with Crippen LogP contribution in [0, 0.1) is 56.7 Å². The summed E-state index contributed by atoms with van der Waals surface area (Å²) in [5.41, 5.74) is 9.46. The number of rotatable bonds is 3. The lowest BCUT2D eigenvalue weighted by atomic mass is 9.32. The van der Waals surface area contributed by atoms with E-state index in [1.165, 1.54) is 63.4 Å². The predicted molar refractivity (Wildman–Crippen MR) is 144 cm³/mol. The Morgan fingerprint density at radius 3 is 2.20 bits per heavy atom. The van der Waals surface area contributed by atoms with Crippen LogP contribution in [0.2, 0.25) is 0 Å². The van der Waals surface area contributed by atoms with Gasteiger partial charge in [-0.05, 0) is 129 Å².